The number of carbonyl (C=O) groups excluding carboxylic acids is 1. The second-order valence-electron chi connectivity index (χ2n) is 6.76. The van der Waals surface area contributed by atoms with Gasteiger partial charge in [0.15, 0.2) is 12.3 Å². The number of amides is 1. The molecule has 138 valence electrons. The van der Waals surface area contributed by atoms with Crippen LogP contribution in [-0.4, -0.2) is 26.0 Å². The summed E-state index contributed by atoms with van der Waals surface area (Å²) in [5, 5.41) is 8.65. The summed E-state index contributed by atoms with van der Waals surface area (Å²) < 4.78 is 7.61. The van der Waals surface area contributed by atoms with Crippen LogP contribution < -0.4 is 0 Å². The number of hydrogen-bond acceptors (Lipinski definition) is 4. The van der Waals surface area contributed by atoms with Gasteiger partial charge in [0.25, 0.3) is 0 Å². The lowest BCUT2D eigenvalue weighted by molar-refractivity contribution is 0.119. The zero-order chi connectivity index (χ0) is 18.9. The van der Waals surface area contributed by atoms with E-state index in [1.165, 1.54) is 0 Å². The fourth-order valence-electron chi connectivity index (χ4n) is 3.67. The van der Waals surface area contributed by atoms with Crippen LogP contribution in [0, 0.1) is 0 Å². The molecule has 2 atom stereocenters. The number of rotatable bonds is 4. The Bertz CT molecular complexity index is 1110. The summed E-state index contributed by atoms with van der Waals surface area (Å²) in [4.78, 5) is 14.6. The van der Waals surface area contributed by atoms with Crippen molar-refractivity contribution in [3.63, 3.8) is 0 Å². The minimum Gasteiger partial charge on any atom is -0.437 e. The zero-order valence-corrected chi connectivity index (χ0v) is 15.1. The number of carbonyl (C=O) groups is 1. The Labute approximate surface area is 162 Å². The third kappa shape index (κ3) is 2.79. The molecule has 0 N–H and O–H groups in total. The third-order valence-electron chi connectivity index (χ3n) is 5.00. The molecule has 4 aromatic rings. The molecule has 1 fully saturated rings. The van der Waals surface area contributed by atoms with E-state index in [1.54, 1.807) is 9.58 Å². The van der Waals surface area contributed by atoms with Gasteiger partial charge in [-0.05, 0) is 23.3 Å². The van der Waals surface area contributed by atoms with Crippen molar-refractivity contribution in [3.8, 4) is 0 Å². The highest BCUT2D eigenvalue weighted by atomic mass is 16.6. The minimum absolute atomic E-state index is 0.359. The van der Waals surface area contributed by atoms with E-state index < -0.39 is 12.3 Å². The van der Waals surface area contributed by atoms with Gasteiger partial charge in [0, 0.05) is 0 Å². The largest absolute Gasteiger partial charge is 0.437 e. The maximum absolute atomic E-state index is 12.8. The van der Waals surface area contributed by atoms with E-state index in [0.717, 1.165) is 22.2 Å². The fourth-order valence-corrected chi connectivity index (χ4v) is 3.67. The van der Waals surface area contributed by atoms with Crippen LogP contribution >= 0.6 is 0 Å². The lowest BCUT2D eigenvalue weighted by Gasteiger charge is -2.25. The van der Waals surface area contributed by atoms with Crippen molar-refractivity contribution < 1.29 is 9.53 Å². The molecule has 5 rings (SSSR count). The van der Waals surface area contributed by atoms with Crippen molar-refractivity contribution in [2.24, 2.45) is 0 Å². The normalized spacial score (nSPS) is 19.1. The average molecular weight is 370 g/mol. The van der Waals surface area contributed by atoms with E-state index in [9.17, 15) is 4.79 Å². The summed E-state index contributed by atoms with van der Waals surface area (Å²) >= 11 is 0. The summed E-state index contributed by atoms with van der Waals surface area (Å²) in [5.41, 5.74) is 3.61. The lowest BCUT2D eigenvalue weighted by Crippen LogP contribution is -2.32. The smallest absolute Gasteiger partial charge is 0.412 e. The molecular weight excluding hydrogens is 352 g/mol. The van der Waals surface area contributed by atoms with Gasteiger partial charge < -0.3 is 4.74 Å². The number of nitrogens with zero attached hydrogens (tertiary/aromatic N) is 4. The number of cyclic esters (lactones) is 1. The monoisotopic (exact) mass is 370 g/mol. The highest BCUT2D eigenvalue weighted by Gasteiger charge is 2.45. The molecule has 0 radical (unpaired) electrons. The molecule has 0 bridgehead atoms. The van der Waals surface area contributed by atoms with Crippen LogP contribution in [0.5, 0.6) is 0 Å². The van der Waals surface area contributed by atoms with Crippen molar-refractivity contribution in [1.29, 1.82) is 0 Å². The van der Waals surface area contributed by atoms with Gasteiger partial charge >= 0.3 is 6.09 Å². The van der Waals surface area contributed by atoms with E-state index in [2.05, 4.69) is 10.3 Å². The minimum atomic E-state index is -0.470. The van der Waals surface area contributed by atoms with Gasteiger partial charge in [-0.3, -0.25) is 4.90 Å². The van der Waals surface area contributed by atoms with Crippen LogP contribution in [-0.2, 0) is 11.3 Å². The Balaban J connectivity index is 1.62. The zero-order valence-electron chi connectivity index (χ0n) is 15.1. The Morgan fingerprint density at radius 3 is 2.32 bits per heavy atom. The summed E-state index contributed by atoms with van der Waals surface area (Å²) in [5.74, 6) is 0. The van der Waals surface area contributed by atoms with Gasteiger partial charge in [-0.25, -0.2) is 9.48 Å². The highest BCUT2D eigenvalue weighted by molar-refractivity contribution is 5.75. The van der Waals surface area contributed by atoms with Gasteiger partial charge in [0.05, 0.1) is 12.1 Å². The molecule has 0 unspecified atom stereocenters. The molecule has 3 aromatic carbocycles. The summed E-state index contributed by atoms with van der Waals surface area (Å²) in [6.07, 6.45) is -1.26. The molecule has 0 saturated carbocycles. The van der Waals surface area contributed by atoms with Crippen LogP contribution in [0.4, 0.5) is 4.79 Å². The predicted molar refractivity (Wildman–Crippen MR) is 104 cm³/mol. The average Bonchev–Trinajstić information content (AvgIpc) is 3.31. The number of para-hydroxylation sites is 1. The molecule has 6 heteroatoms. The van der Waals surface area contributed by atoms with E-state index in [1.807, 2.05) is 84.9 Å². The molecule has 0 aliphatic carbocycles. The Kier molecular flexibility index (Phi) is 4.01. The molecular formula is C22H18N4O2. The first-order valence-corrected chi connectivity index (χ1v) is 9.17. The maximum atomic E-state index is 12.8. The van der Waals surface area contributed by atoms with Crippen LogP contribution in [0.25, 0.3) is 11.0 Å². The summed E-state index contributed by atoms with van der Waals surface area (Å²) in [7, 11) is 0. The fraction of sp³-hybridized carbons (Fsp3) is 0.136. The maximum Gasteiger partial charge on any atom is 0.412 e. The number of fused-ring (bicyclic) bond motifs is 1. The van der Waals surface area contributed by atoms with E-state index >= 15 is 0 Å². The van der Waals surface area contributed by atoms with E-state index in [0.29, 0.717) is 6.54 Å². The number of ether oxygens (including phenoxy) is 1. The van der Waals surface area contributed by atoms with Gasteiger partial charge in [-0.1, -0.05) is 78.0 Å². The second-order valence-corrected chi connectivity index (χ2v) is 6.76. The predicted octanol–water partition coefficient (Wildman–Crippen LogP) is 4.32. The molecule has 2 heterocycles. The first kappa shape index (κ1) is 16.5. The molecule has 6 nitrogen and oxygen atoms in total. The lowest BCUT2D eigenvalue weighted by atomic mass is 10.1. The quantitative estimate of drug-likeness (QED) is 0.537. The summed E-state index contributed by atoms with van der Waals surface area (Å²) in [6.45, 7) is 0.432. The molecule has 0 spiro atoms. The molecule has 1 aromatic heterocycles. The Hall–Kier alpha value is -3.67. The number of hydrogen-bond donors (Lipinski definition) is 0. The standard InChI is InChI=1S/C22H18N4O2/c27-22-25(15-16-9-3-1-4-10-16)21(20(28-22)17-11-5-2-6-12-17)26-19-14-8-7-13-18(19)23-24-26/h1-14,20-21H,15H2/t20-,21-/m1/s1. The van der Waals surface area contributed by atoms with Crippen molar-refractivity contribution in [2.45, 2.75) is 18.8 Å². The highest BCUT2D eigenvalue weighted by Crippen LogP contribution is 2.41. The molecule has 28 heavy (non-hydrogen) atoms. The van der Waals surface area contributed by atoms with E-state index in [4.69, 9.17) is 4.74 Å². The first-order chi connectivity index (χ1) is 13.8. The Morgan fingerprint density at radius 1 is 0.857 bits per heavy atom. The third-order valence-corrected chi connectivity index (χ3v) is 5.00. The molecule has 1 saturated heterocycles. The SMILES string of the molecule is O=C1O[C@H](c2ccccc2)[C@@H](n2nnc3ccccc32)N1Cc1ccccc1. The van der Waals surface area contributed by atoms with Gasteiger partial charge in [-0.2, -0.15) is 0 Å². The van der Waals surface area contributed by atoms with Crippen molar-refractivity contribution in [1.82, 2.24) is 19.9 Å². The van der Waals surface area contributed by atoms with Crippen LogP contribution in [0.3, 0.4) is 0 Å². The van der Waals surface area contributed by atoms with Gasteiger partial charge in [0.2, 0.25) is 0 Å². The number of benzene rings is 3. The van der Waals surface area contributed by atoms with Gasteiger partial charge in [0.1, 0.15) is 5.52 Å². The van der Waals surface area contributed by atoms with Crippen molar-refractivity contribution in [2.75, 3.05) is 0 Å². The van der Waals surface area contributed by atoms with Gasteiger partial charge in [-0.15, -0.1) is 5.10 Å². The van der Waals surface area contributed by atoms with Crippen LogP contribution in [0.2, 0.25) is 0 Å². The first-order valence-electron chi connectivity index (χ1n) is 9.17. The molecule has 1 amide bonds. The van der Waals surface area contributed by atoms with Crippen LogP contribution in [0.15, 0.2) is 84.9 Å². The van der Waals surface area contributed by atoms with Crippen molar-refractivity contribution >= 4 is 17.1 Å². The van der Waals surface area contributed by atoms with Crippen molar-refractivity contribution in [3.05, 3.63) is 96.1 Å². The topological polar surface area (TPSA) is 60.3 Å². The molecule has 1 aliphatic rings. The van der Waals surface area contributed by atoms with E-state index in [-0.39, 0.29) is 6.09 Å². The van der Waals surface area contributed by atoms with Crippen LogP contribution in [0.1, 0.15) is 23.4 Å². The summed E-state index contributed by atoms with van der Waals surface area (Å²) in [6, 6.07) is 27.4. The molecule has 1 aliphatic heterocycles. The Morgan fingerprint density at radius 2 is 1.54 bits per heavy atom. The number of aromatic nitrogens is 3. The second kappa shape index (κ2) is 6.81.